The number of hydrogen-bond donors (Lipinski definition) is 1. The van der Waals surface area contributed by atoms with E-state index in [0.717, 1.165) is 18.4 Å². The maximum absolute atomic E-state index is 12.3. The highest BCUT2D eigenvalue weighted by molar-refractivity contribution is 5.88. The molecule has 2 aromatic rings. The molecule has 1 unspecified atom stereocenters. The average Bonchev–Trinajstić information content (AvgIpc) is 3.03. The third kappa shape index (κ3) is 3.99. The third-order valence-corrected chi connectivity index (χ3v) is 4.36. The van der Waals surface area contributed by atoms with Crippen LogP contribution in [0.5, 0.6) is 0 Å². The van der Waals surface area contributed by atoms with Gasteiger partial charge in [0.2, 0.25) is 0 Å². The van der Waals surface area contributed by atoms with Gasteiger partial charge in [-0.2, -0.15) is 5.10 Å². The highest BCUT2D eigenvalue weighted by atomic mass is 16.6. The molecule has 0 aliphatic carbocycles. The van der Waals surface area contributed by atoms with E-state index >= 15 is 0 Å². The van der Waals surface area contributed by atoms with Crippen molar-refractivity contribution < 1.29 is 19.4 Å². The second-order valence-electron chi connectivity index (χ2n) is 6.23. The quantitative estimate of drug-likeness (QED) is 0.922. The van der Waals surface area contributed by atoms with Crippen molar-refractivity contribution in [2.24, 2.45) is 7.05 Å². The second kappa shape index (κ2) is 7.38. The van der Waals surface area contributed by atoms with Crippen molar-refractivity contribution in [1.29, 1.82) is 0 Å². The van der Waals surface area contributed by atoms with Crippen LogP contribution in [-0.4, -0.2) is 44.9 Å². The number of aryl methyl sites for hydroxylation is 1. The van der Waals surface area contributed by atoms with Gasteiger partial charge in [-0.25, -0.2) is 9.59 Å². The molecule has 0 spiro atoms. The molecule has 1 amide bonds. The van der Waals surface area contributed by atoms with Gasteiger partial charge in [-0.15, -0.1) is 0 Å². The third-order valence-electron chi connectivity index (χ3n) is 4.36. The first-order valence-electron chi connectivity index (χ1n) is 8.27. The molecule has 3 rings (SSSR count). The van der Waals surface area contributed by atoms with Gasteiger partial charge in [-0.3, -0.25) is 4.68 Å². The van der Waals surface area contributed by atoms with Gasteiger partial charge in [0.15, 0.2) is 0 Å². The number of ether oxygens (including phenoxy) is 1. The van der Waals surface area contributed by atoms with Crippen molar-refractivity contribution >= 4 is 12.1 Å². The lowest BCUT2D eigenvalue weighted by Crippen LogP contribution is -2.39. The highest BCUT2D eigenvalue weighted by Gasteiger charge is 2.30. The van der Waals surface area contributed by atoms with E-state index < -0.39 is 5.97 Å². The lowest BCUT2D eigenvalue weighted by molar-refractivity contribution is 0.0693. The van der Waals surface area contributed by atoms with Crippen LogP contribution >= 0.6 is 0 Å². The number of amides is 1. The zero-order chi connectivity index (χ0) is 17.8. The molecular formula is C18H21N3O4. The van der Waals surface area contributed by atoms with Crippen molar-refractivity contribution in [2.45, 2.75) is 25.4 Å². The number of aromatic carboxylic acids is 1. The van der Waals surface area contributed by atoms with E-state index in [1.807, 2.05) is 30.3 Å². The Bertz CT molecular complexity index is 757. The summed E-state index contributed by atoms with van der Waals surface area (Å²) in [5.74, 6) is -1.09. The Kier molecular flexibility index (Phi) is 5.02. The summed E-state index contributed by atoms with van der Waals surface area (Å²) in [6, 6.07) is 9.51. The standard InChI is InChI=1S/C18H21N3O4/c1-20-11-15(17(22)23)16(19-20)14-8-5-9-21(10-14)18(24)25-12-13-6-3-2-4-7-13/h2-4,6-7,11,14H,5,8-10,12H2,1H3,(H,22,23). The summed E-state index contributed by atoms with van der Waals surface area (Å²) in [5.41, 5.74) is 1.67. The fourth-order valence-electron chi connectivity index (χ4n) is 3.15. The Labute approximate surface area is 145 Å². The van der Waals surface area contributed by atoms with Gasteiger partial charge in [0, 0.05) is 32.3 Å². The van der Waals surface area contributed by atoms with Crippen molar-refractivity contribution in [3.8, 4) is 0 Å². The number of nitrogens with zero attached hydrogens (tertiary/aromatic N) is 3. The Morgan fingerprint density at radius 2 is 2.08 bits per heavy atom. The monoisotopic (exact) mass is 343 g/mol. The zero-order valence-corrected chi connectivity index (χ0v) is 14.1. The van der Waals surface area contributed by atoms with Crippen LogP contribution in [-0.2, 0) is 18.4 Å². The Hall–Kier alpha value is -2.83. The smallest absolute Gasteiger partial charge is 0.410 e. The van der Waals surface area contributed by atoms with Gasteiger partial charge in [-0.1, -0.05) is 30.3 Å². The minimum atomic E-state index is -0.994. The van der Waals surface area contributed by atoms with E-state index in [0.29, 0.717) is 18.8 Å². The summed E-state index contributed by atoms with van der Waals surface area (Å²) in [7, 11) is 1.70. The van der Waals surface area contributed by atoms with E-state index in [2.05, 4.69) is 5.10 Å². The molecule has 1 aliphatic heterocycles. The lowest BCUT2D eigenvalue weighted by Gasteiger charge is -2.31. The van der Waals surface area contributed by atoms with Gasteiger partial charge in [0.05, 0.1) is 5.69 Å². The Balaban J connectivity index is 1.65. The summed E-state index contributed by atoms with van der Waals surface area (Å²) in [6.45, 7) is 1.26. The van der Waals surface area contributed by atoms with Gasteiger partial charge in [-0.05, 0) is 18.4 Å². The number of carboxylic acids is 1. The first kappa shape index (κ1) is 17.0. The summed E-state index contributed by atoms with van der Waals surface area (Å²) in [4.78, 5) is 25.4. The number of hydrogen-bond acceptors (Lipinski definition) is 4. The molecule has 0 bridgehead atoms. The number of benzene rings is 1. The molecule has 0 saturated carbocycles. The van der Waals surface area contributed by atoms with Crippen LogP contribution in [0, 0.1) is 0 Å². The topological polar surface area (TPSA) is 84.7 Å². The van der Waals surface area contributed by atoms with E-state index in [9.17, 15) is 14.7 Å². The van der Waals surface area contributed by atoms with Gasteiger partial charge >= 0.3 is 12.1 Å². The first-order valence-corrected chi connectivity index (χ1v) is 8.27. The van der Waals surface area contributed by atoms with Crippen LogP contribution < -0.4 is 0 Å². The molecule has 7 nitrogen and oxygen atoms in total. The second-order valence-corrected chi connectivity index (χ2v) is 6.23. The molecule has 0 radical (unpaired) electrons. The summed E-state index contributed by atoms with van der Waals surface area (Å²) < 4.78 is 6.89. The number of aromatic nitrogens is 2. The molecule has 7 heteroatoms. The van der Waals surface area contributed by atoms with Crippen molar-refractivity contribution in [3.63, 3.8) is 0 Å². The van der Waals surface area contributed by atoms with Gasteiger partial charge in [0.1, 0.15) is 12.2 Å². The van der Waals surface area contributed by atoms with Crippen LogP contribution in [0.4, 0.5) is 4.79 Å². The fourth-order valence-corrected chi connectivity index (χ4v) is 3.15. The van der Waals surface area contributed by atoms with Crippen LogP contribution in [0.15, 0.2) is 36.5 Å². The fraction of sp³-hybridized carbons (Fsp3) is 0.389. The molecule has 1 aromatic carbocycles. The summed E-state index contributed by atoms with van der Waals surface area (Å²) >= 11 is 0. The molecule has 1 aromatic heterocycles. The summed E-state index contributed by atoms with van der Waals surface area (Å²) in [5, 5.41) is 13.6. The molecule has 1 atom stereocenters. The van der Waals surface area contributed by atoms with Crippen LogP contribution in [0.25, 0.3) is 0 Å². The Morgan fingerprint density at radius 3 is 2.80 bits per heavy atom. The highest BCUT2D eigenvalue weighted by Crippen LogP contribution is 2.28. The van der Waals surface area contributed by atoms with Crippen molar-refractivity contribution in [3.05, 3.63) is 53.3 Å². The number of rotatable bonds is 4. The maximum Gasteiger partial charge on any atom is 0.410 e. The number of likely N-dealkylation sites (tertiary alicyclic amines) is 1. The minimum Gasteiger partial charge on any atom is -0.478 e. The minimum absolute atomic E-state index is 0.0923. The SMILES string of the molecule is Cn1cc(C(=O)O)c(C2CCCN(C(=O)OCc3ccccc3)C2)n1. The molecule has 1 N–H and O–H groups in total. The van der Waals surface area contributed by atoms with Gasteiger partial charge < -0.3 is 14.7 Å². The van der Waals surface area contributed by atoms with Crippen molar-refractivity contribution in [2.75, 3.05) is 13.1 Å². The lowest BCUT2D eigenvalue weighted by atomic mass is 9.93. The number of carboxylic acid groups (broad SMARTS) is 1. The van der Waals surface area contributed by atoms with E-state index in [1.165, 1.54) is 10.9 Å². The Morgan fingerprint density at radius 1 is 1.32 bits per heavy atom. The largest absolute Gasteiger partial charge is 0.478 e. The molecule has 2 heterocycles. The number of piperidine rings is 1. The van der Waals surface area contributed by atoms with E-state index in [1.54, 1.807) is 11.9 Å². The first-order chi connectivity index (χ1) is 12.0. The predicted molar refractivity (Wildman–Crippen MR) is 90.3 cm³/mol. The molecule has 25 heavy (non-hydrogen) atoms. The molecular weight excluding hydrogens is 322 g/mol. The molecule has 1 aliphatic rings. The zero-order valence-electron chi connectivity index (χ0n) is 14.1. The summed E-state index contributed by atoms with van der Waals surface area (Å²) in [6.07, 6.45) is 2.73. The van der Waals surface area contributed by atoms with Crippen LogP contribution in [0.1, 0.15) is 40.4 Å². The molecule has 1 fully saturated rings. The maximum atomic E-state index is 12.3. The predicted octanol–water partition coefficient (Wildman–Crippen LogP) is 2.63. The van der Waals surface area contributed by atoms with Crippen LogP contribution in [0.3, 0.4) is 0 Å². The van der Waals surface area contributed by atoms with Crippen molar-refractivity contribution in [1.82, 2.24) is 14.7 Å². The van der Waals surface area contributed by atoms with Gasteiger partial charge in [0.25, 0.3) is 0 Å². The number of carbonyl (C=O) groups is 2. The average molecular weight is 343 g/mol. The normalized spacial score (nSPS) is 17.3. The van der Waals surface area contributed by atoms with E-state index in [4.69, 9.17) is 4.74 Å². The number of carbonyl (C=O) groups excluding carboxylic acids is 1. The van der Waals surface area contributed by atoms with Crippen LogP contribution in [0.2, 0.25) is 0 Å². The molecule has 1 saturated heterocycles. The molecule has 132 valence electrons. The van der Waals surface area contributed by atoms with E-state index in [-0.39, 0.29) is 24.2 Å².